The molecule has 0 saturated heterocycles. The minimum absolute atomic E-state index is 0.00171. The molecule has 0 unspecified atom stereocenters. The molecule has 0 fully saturated rings. The number of anilines is 1. The Morgan fingerprint density at radius 3 is 2.60 bits per heavy atom. The predicted molar refractivity (Wildman–Crippen MR) is 52.5 cm³/mol. The fraction of sp³-hybridized carbons (Fsp3) is 0.222. The topological polar surface area (TPSA) is 52.3 Å². The summed E-state index contributed by atoms with van der Waals surface area (Å²) in [4.78, 5) is 11.1. The van der Waals surface area contributed by atoms with E-state index in [-0.39, 0.29) is 22.0 Å². The highest BCUT2D eigenvalue weighted by atomic mass is 35.5. The molecule has 0 radical (unpaired) electrons. The van der Waals surface area contributed by atoms with Gasteiger partial charge < -0.3 is 10.5 Å². The zero-order valence-corrected chi connectivity index (χ0v) is 8.52. The number of hydrogen-bond donors (Lipinski definition) is 1. The summed E-state index contributed by atoms with van der Waals surface area (Å²) in [6.45, 7) is -1.82. The van der Waals surface area contributed by atoms with Crippen LogP contribution in [0, 0.1) is 0 Å². The number of ketones is 1. The third kappa shape index (κ3) is 2.79. The number of benzene rings is 1. The first-order valence-corrected chi connectivity index (χ1v) is 4.34. The van der Waals surface area contributed by atoms with Crippen LogP contribution in [0.15, 0.2) is 12.1 Å². The Labute approximate surface area is 89.8 Å². The molecule has 0 atom stereocenters. The molecule has 1 aromatic carbocycles. The van der Waals surface area contributed by atoms with Crippen LogP contribution in [0.5, 0.6) is 5.75 Å². The molecular weight excluding hydrogens is 228 g/mol. The van der Waals surface area contributed by atoms with Crippen molar-refractivity contribution in [1.29, 1.82) is 0 Å². The summed E-state index contributed by atoms with van der Waals surface area (Å²) in [6.07, 6.45) is 0. The number of carbonyl (C=O) groups excluding carboxylic acids is 1. The van der Waals surface area contributed by atoms with E-state index in [0.29, 0.717) is 0 Å². The van der Waals surface area contributed by atoms with Crippen molar-refractivity contribution in [2.24, 2.45) is 0 Å². The van der Waals surface area contributed by atoms with Crippen LogP contribution < -0.4 is 10.5 Å². The summed E-state index contributed by atoms with van der Waals surface area (Å²) in [7, 11) is 0. The first kappa shape index (κ1) is 11.7. The number of nitrogens with two attached hydrogens (primary N) is 1. The summed E-state index contributed by atoms with van der Waals surface area (Å²) in [5, 5.41) is -0.00171. The number of Topliss-reactive ketones (excluding diaryl/α,β-unsaturated/α-hetero) is 1. The van der Waals surface area contributed by atoms with Gasteiger partial charge in [-0.25, -0.2) is 0 Å². The van der Waals surface area contributed by atoms with E-state index in [2.05, 4.69) is 4.74 Å². The van der Waals surface area contributed by atoms with Crippen molar-refractivity contribution in [3.8, 4) is 5.75 Å². The van der Waals surface area contributed by atoms with Crippen molar-refractivity contribution in [1.82, 2.24) is 0 Å². The van der Waals surface area contributed by atoms with E-state index < -0.39 is 12.4 Å². The first-order chi connectivity index (χ1) is 6.91. The maximum absolute atomic E-state index is 12.0. The maximum Gasteiger partial charge on any atom is 0.387 e. The van der Waals surface area contributed by atoms with Gasteiger partial charge in [-0.15, -0.1) is 0 Å². The highest BCUT2D eigenvalue weighted by Gasteiger charge is 2.17. The summed E-state index contributed by atoms with van der Waals surface area (Å²) in [5.74, 6) is -0.766. The van der Waals surface area contributed by atoms with E-state index in [1.54, 1.807) is 0 Å². The Kier molecular flexibility index (Phi) is 3.47. The third-order valence-corrected chi connectivity index (χ3v) is 1.94. The average molecular weight is 236 g/mol. The molecule has 1 rings (SSSR count). The van der Waals surface area contributed by atoms with Crippen LogP contribution in [0.1, 0.15) is 17.3 Å². The van der Waals surface area contributed by atoms with E-state index >= 15 is 0 Å². The number of alkyl halides is 2. The van der Waals surface area contributed by atoms with Crippen molar-refractivity contribution >= 4 is 23.1 Å². The van der Waals surface area contributed by atoms with Crippen molar-refractivity contribution in [3.05, 3.63) is 22.7 Å². The lowest BCUT2D eigenvalue weighted by Crippen LogP contribution is -2.07. The van der Waals surface area contributed by atoms with Gasteiger partial charge in [0.2, 0.25) is 0 Å². The van der Waals surface area contributed by atoms with Crippen molar-refractivity contribution < 1.29 is 18.3 Å². The number of carbonyl (C=O) groups is 1. The zero-order chi connectivity index (χ0) is 11.6. The van der Waals surface area contributed by atoms with Crippen LogP contribution in [-0.2, 0) is 0 Å². The second-order valence-corrected chi connectivity index (χ2v) is 3.22. The van der Waals surface area contributed by atoms with E-state index in [0.717, 1.165) is 6.07 Å². The van der Waals surface area contributed by atoms with Gasteiger partial charge in [-0.1, -0.05) is 11.6 Å². The molecule has 0 saturated carbocycles. The molecule has 0 aliphatic heterocycles. The summed E-state index contributed by atoms with van der Waals surface area (Å²) >= 11 is 5.69. The maximum atomic E-state index is 12.0. The van der Waals surface area contributed by atoms with Gasteiger partial charge in [-0.3, -0.25) is 4.79 Å². The Bertz CT molecular complexity index is 396. The number of hydrogen-bond acceptors (Lipinski definition) is 3. The summed E-state index contributed by atoms with van der Waals surface area (Å²) in [6, 6.07) is 2.44. The molecule has 0 amide bonds. The molecule has 0 heterocycles. The summed E-state index contributed by atoms with van der Waals surface area (Å²) in [5.41, 5.74) is 5.45. The molecule has 0 aliphatic carbocycles. The lowest BCUT2D eigenvalue weighted by molar-refractivity contribution is -0.0500. The van der Waals surface area contributed by atoms with Gasteiger partial charge in [0.05, 0.1) is 10.6 Å². The van der Waals surface area contributed by atoms with Crippen LogP contribution in [0.25, 0.3) is 0 Å². The quantitative estimate of drug-likeness (QED) is 0.647. The highest BCUT2D eigenvalue weighted by molar-refractivity contribution is 6.34. The molecule has 2 N–H and O–H groups in total. The zero-order valence-electron chi connectivity index (χ0n) is 7.76. The lowest BCUT2D eigenvalue weighted by Gasteiger charge is -2.10. The molecule has 1 aromatic rings. The van der Waals surface area contributed by atoms with Gasteiger partial charge >= 0.3 is 6.61 Å². The molecular formula is C9H8ClF2NO2. The molecule has 0 spiro atoms. The number of halogens is 3. The van der Waals surface area contributed by atoms with Gasteiger partial charge in [-0.2, -0.15) is 8.78 Å². The van der Waals surface area contributed by atoms with Gasteiger partial charge in [0, 0.05) is 11.8 Å². The van der Waals surface area contributed by atoms with E-state index in [1.165, 1.54) is 13.0 Å². The van der Waals surface area contributed by atoms with Crippen LogP contribution in [0.3, 0.4) is 0 Å². The van der Waals surface area contributed by atoms with Gasteiger partial charge in [0.15, 0.2) is 5.78 Å². The molecule has 0 bridgehead atoms. The molecule has 6 heteroatoms. The highest BCUT2D eigenvalue weighted by Crippen LogP contribution is 2.31. The molecule has 3 nitrogen and oxygen atoms in total. The minimum Gasteiger partial charge on any atom is -0.434 e. The molecule has 0 aromatic heterocycles. The smallest absolute Gasteiger partial charge is 0.387 e. The Hall–Kier alpha value is -1.36. The second kappa shape index (κ2) is 4.44. The number of nitrogen functional groups attached to an aromatic ring is 1. The molecule has 0 aliphatic rings. The van der Waals surface area contributed by atoms with Crippen molar-refractivity contribution in [3.63, 3.8) is 0 Å². The third-order valence-electron chi connectivity index (χ3n) is 1.64. The van der Waals surface area contributed by atoms with Crippen LogP contribution >= 0.6 is 11.6 Å². The van der Waals surface area contributed by atoms with Gasteiger partial charge in [-0.05, 0) is 13.0 Å². The van der Waals surface area contributed by atoms with E-state index in [4.69, 9.17) is 17.3 Å². The number of rotatable bonds is 3. The van der Waals surface area contributed by atoms with Gasteiger partial charge in [0.1, 0.15) is 5.75 Å². The SMILES string of the molecule is CC(=O)c1c(Cl)cc(N)cc1OC(F)F. The Morgan fingerprint density at radius 1 is 1.53 bits per heavy atom. The summed E-state index contributed by atoms with van der Waals surface area (Å²) < 4.78 is 28.2. The number of ether oxygens (including phenoxy) is 1. The predicted octanol–water partition coefficient (Wildman–Crippen LogP) is 2.73. The van der Waals surface area contributed by atoms with Crippen molar-refractivity contribution in [2.75, 3.05) is 5.73 Å². The minimum atomic E-state index is -3.03. The average Bonchev–Trinajstić information content (AvgIpc) is 1.99. The first-order valence-electron chi connectivity index (χ1n) is 3.96. The molecule has 82 valence electrons. The van der Waals surface area contributed by atoms with E-state index in [1.807, 2.05) is 0 Å². The van der Waals surface area contributed by atoms with Crippen LogP contribution in [0.2, 0.25) is 5.02 Å². The normalized spacial score (nSPS) is 10.5. The molecule has 15 heavy (non-hydrogen) atoms. The fourth-order valence-electron chi connectivity index (χ4n) is 1.13. The fourth-order valence-corrected chi connectivity index (χ4v) is 1.48. The second-order valence-electron chi connectivity index (χ2n) is 2.81. The Balaban J connectivity index is 3.27. The standard InChI is InChI=1S/C9H8ClF2NO2/c1-4(14)8-6(10)2-5(13)3-7(8)15-9(11)12/h2-3,9H,13H2,1H3. The monoisotopic (exact) mass is 235 g/mol. The van der Waals surface area contributed by atoms with Gasteiger partial charge in [0.25, 0.3) is 0 Å². The lowest BCUT2D eigenvalue weighted by atomic mass is 10.1. The largest absolute Gasteiger partial charge is 0.434 e. The van der Waals surface area contributed by atoms with E-state index in [9.17, 15) is 13.6 Å². The Morgan fingerprint density at radius 2 is 2.13 bits per heavy atom. The van der Waals surface area contributed by atoms with Crippen LogP contribution in [0.4, 0.5) is 14.5 Å². The van der Waals surface area contributed by atoms with Crippen molar-refractivity contribution in [2.45, 2.75) is 13.5 Å². The van der Waals surface area contributed by atoms with Crippen LogP contribution in [-0.4, -0.2) is 12.4 Å².